The normalized spacial score (nSPS) is 11.1. The van der Waals surface area contributed by atoms with E-state index in [9.17, 15) is 10.1 Å². The molecular formula is C25H25N3O2. The molecule has 0 unspecified atom stereocenters. The number of carbonyl (C=O) groups excluding carboxylic acids is 1. The quantitative estimate of drug-likeness (QED) is 0.470. The maximum absolute atomic E-state index is 12.6. The number of rotatable bonds is 5. The maximum Gasteiger partial charge on any atom is 0.266 e. The highest BCUT2D eigenvalue weighted by Gasteiger charge is 2.14. The van der Waals surface area contributed by atoms with E-state index < -0.39 is 5.91 Å². The molecule has 1 amide bonds. The first kappa shape index (κ1) is 20.9. The van der Waals surface area contributed by atoms with E-state index in [4.69, 9.17) is 4.74 Å². The molecule has 5 heteroatoms. The second kappa shape index (κ2) is 8.71. The lowest BCUT2D eigenvalue weighted by atomic mass is 10.1. The van der Waals surface area contributed by atoms with Gasteiger partial charge in [0.1, 0.15) is 17.4 Å². The van der Waals surface area contributed by atoms with E-state index in [0.29, 0.717) is 11.4 Å². The molecule has 3 rings (SSSR count). The Kier molecular flexibility index (Phi) is 6.08. The summed E-state index contributed by atoms with van der Waals surface area (Å²) in [5.74, 6) is 0.252. The van der Waals surface area contributed by atoms with Gasteiger partial charge in [0.2, 0.25) is 0 Å². The average Bonchev–Trinajstić information content (AvgIpc) is 2.98. The van der Waals surface area contributed by atoms with Gasteiger partial charge in [-0.25, -0.2) is 0 Å². The molecule has 0 aliphatic carbocycles. The molecule has 0 saturated carbocycles. The Labute approximate surface area is 177 Å². The van der Waals surface area contributed by atoms with E-state index in [1.54, 1.807) is 37.5 Å². The lowest BCUT2D eigenvalue weighted by Gasteiger charge is -2.12. The minimum Gasteiger partial charge on any atom is -0.497 e. The summed E-state index contributed by atoms with van der Waals surface area (Å²) >= 11 is 0. The van der Waals surface area contributed by atoms with E-state index in [1.807, 2.05) is 26.0 Å². The first-order chi connectivity index (χ1) is 14.3. The number of nitrogens with zero attached hydrogens (tertiary/aromatic N) is 2. The van der Waals surface area contributed by atoms with Crippen LogP contribution in [-0.2, 0) is 4.79 Å². The summed E-state index contributed by atoms with van der Waals surface area (Å²) in [5, 5.41) is 12.3. The summed E-state index contributed by atoms with van der Waals surface area (Å²) in [4.78, 5) is 12.6. The number of hydrogen-bond donors (Lipinski definition) is 1. The number of aryl methyl sites for hydroxylation is 3. The molecule has 5 nitrogen and oxygen atoms in total. The van der Waals surface area contributed by atoms with Gasteiger partial charge >= 0.3 is 0 Å². The number of ether oxygens (including phenoxy) is 1. The predicted octanol–water partition coefficient (Wildman–Crippen LogP) is 5.27. The molecule has 0 atom stereocenters. The summed E-state index contributed by atoms with van der Waals surface area (Å²) in [6.45, 7) is 8.16. The highest BCUT2D eigenvalue weighted by Crippen LogP contribution is 2.25. The second-order valence-corrected chi connectivity index (χ2v) is 7.36. The average molecular weight is 399 g/mol. The monoisotopic (exact) mass is 399 g/mol. The number of aromatic nitrogens is 1. The first-order valence-corrected chi connectivity index (χ1v) is 9.67. The van der Waals surface area contributed by atoms with Crippen LogP contribution in [0.3, 0.4) is 0 Å². The fourth-order valence-corrected chi connectivity index (χ4v) is 3.59. The zero-order valence-electron chi connectivity index (χ0n) is 17.9. The van der Waals surface area contributed by atoms with Gasteiger partial charge in [0.05, 0.1) is 7.11 Å². The molecular weight excluding hydrogens is 374 g/mol. The van der Waals surface area contributed by atoms with Crippen LogP contribution in [0.15, 0.2) is 54.1 Å². The Morgan fingerprint density at radius 2 is 1.67 bits per heavy atom. The Hall–Kier alpha value is -3.78. The van der Waals surface area contributed by atoms with Crippen LogP contribution in [0.25, 0.3) is 11.8 Å². The highest BCUT2D eigenvalue weighted by molar-refractivity contribution is 6.09. The van der Waals surface area contributed by atoms with Crippen molar-refractivity contribution in [3.8, 4) is 17.5 Å². The molecule has 0 saturated heterocycles. The third-order valence-corrected chi connectivity index (χ3v) is 4.95. The number of nitriles is 1. The third kappa shape index (κ3) is 4.44. The minimum absolute atomic E-state index is 0.0477. The van der Waals surface area contributed by atoms with Crippen molar-refractivity contribution in [1.82, 2.24) is 4.57 Å². The Morgan fingerprint density at radius 3 is 2.23 bits per heavy atom. The molecule has 0 radical (unpaired) electrons. The Balaban J connectivity index is 1.92. The zero-order valence-corrected chi connectivity index (χ0v) is 17.9. The summed E-state index contributed by atoms with van der Waals surface area (Å²) in [7, 11) is 1.58. The topological polar surface area (TPSA) is 67.0 Å². The van der Waals surface area contributed by atoms with Gasteiger partial charge in [-0.15, -0.1) is 0 Å². The molecule has 1 N–H and O–H groups in total. The van der Waals surface area contributed by atoms with Crippen LogP contribution < -0.4 is 10.1 Å². The van der Waals surface area contributed by atoms with Crippen molar-refractivity contribution < 1.29 is 9.53 Å². The molecule has 1 aromatic heterocycles. The van der Waals surface area contributed by atoms with E-state index in [0.717, 1.165) is 22.6 Å². The Morgan fingerprint density at radius 1 is 1.03 bits per heavy atom. The smallest absolute Gasteiger partial charge is 0.266 e. The maximum atomic E-state index is 12.6. The molecule has 0 fully saturated rings. The Bertz CT molecular complexity index is 1140. The predicted molar refractivity (Wildman–Crippen MR) is 120 cm³/mol. The van der Waals surface area contributed by atoms with E-state index in [1.165, 1.54) is 11.1 Å². The summed E-state index contributed by atoms with van der Waals surface area (Å²) in [6.07, 6.45) is 1.64. The van der Waals surface area contributed by atoms with Gasteiger partial charge in [0.15, 0.2) is 0 Å². The van der Waals surface area contributed by atoms with Crippen molar-refractivity contribution in [1.29, 1.82) is 5.26 Å². The van der Waals surface area contributed by atoms with Crippen molar-refractivity contribution in [2.75, 3.05) is 12.4 Å². The SMILES string of the molecule is COc1ccc(NC(=O)/C(C#N)=C/c2cc(C)n(-c3cc(C)cc(C)c3)c2C)cc1. The number of carbonyl (C=O) groups is 1. The van der Waals surface area contributed by atoms with Crippen molar-refractivity contribution >= 4 is 17.7 Å². The van der Waals surface area contributed by atoms with Crippen LogP contribution in [-0.4, -0.2) is 17.6 Å². The van der Waals surface area contributed by atoms with Gasteiger partial charge in [0.25, 0.3) is 5.91 Å². The summed E-state index contributed by atoms with van der Waals surface area (Å²) in [6, 6.07) is 17.4. The van der Waals surface area contributed by atoms with Crippen LogP contribution in [0.1, 0.15) is 28.1 Å². The van der Waals surface area contributed by atoms with Gasteiger partial charge in [-0.1, -0.05) is 6.07 Å². The largest absolute Gasteiger partial charge is 0.497 e. The van der Waals surface area contributed by atoms with Crippen molar-refractivity contribution in [2.45, 2.75) is 27.7 Å². The number of hydrogen-bond acceptors (Lipinski definition) is 3. The molecule has 0 bridgehead atoms. The van der Waals surface area contributed by atoms with E-state index in [-0.39, 0.29) is 5.57 Å². The molecule has 0 spiro atoms. The van der Waals surface area contributed by atoms with Gasteiger partial charge in [-0.05, 0) is 92.9 Å². The molecule has 30 heavy (non-hydrogen) atoms. The third-order valence-electron chi connectivity index (χ3n) is 4.95. The van der Waals surface area contributed by atoms with E-state index in [2.05, 4.69) is 41.9 Å². The van der Waals surface area contributed by atoms with Crippen molar-refractivity contribution in [3.63, 3.8) is 0 Å². The molecule has 2 aromatic carbocycles. The molecule has 0 aliphatic heterocycles. The number of benzene rings is 2. The standard InChI is InChI=1S/C25H25N3O2/c1-16-10-17(2)12-23(11-16)28-18(3)13-20(19(28)4)14-21(15-26)25(29)27-22-6-8-24(30-5)9-7-22/h6-14H,1-5H3,(H,27,29)/b21-14+. The summed E-state index contributed by atoms with van der Waals surface area (Å²) in [5.41, 5.74) is 6.95. The number of methoxy groups -OCH3 is 1. The van der Waals surface area contributed by atoms with Crippen LogP contribution in [0.2, 0.25) is 0 Å². The molecule has 3 aromatic rings. The number of nitrogens with one attached hydrogen (secondary N) is 1. The first-order valence-electron chi connectivity index (χ1n) is 9.67. The fraction of sp³-hybridized carbons (Fsp3) is 0.200. The highest BCUT2D eigenvalue weighted by atomic mass is 16.5. The van der Waals surface area contributed by atoms with Crippen molar-refractivity contribution in [3.05, 3.63) is 82.2 Å². The van der Waals surface area contributed by atoms with Gasteiger partial charge in [-0.2, -0.15) is 5.26 Å². The van der Waals surface area contributed by atoms with Crippen LogP contribution in [0.5, 0.6) is 5.75 Å². The fourth-order valence-electron chi connectivity index (χ4n) is 3.59. The summed E-state index contributed by atoms with van der Waals surface area (Å²) < 4.78 is 7.26. The van der Waals surface area contributed by atoms with Crippen LogP contribution in [0, 0.1) is 39.0 Å². The second-order valence-electron chi connectivity index (χ2n) is 7.36. The van der Waals surface area contributed by atoms with Gasteiger partial charge in [0, 0.05) is 22.8 Å². The minimum atomic E-state index is -0.445. The molecule has 152 valence electrons. The van der Waals surface area contributed by atoms with E-state index >= 15 is 0 Å². The van der Waals surface area contributed by atoms with Crippen molar-refractivity contribution in [2.24, 2.45) is 0 Å². The lowest BCUT2D eigenvalue weighted by Crippen LogP contribution is -2.13. The van der Waals surface area contributed by atoms with Gasteiger partial charge < -0.3 is 14.6 Å². The zero-order chi connectivity index (χ0) is 21.8. The van der Waals surface area contributed by atoms with Crippen LogP contribution in [0.4, 0.5) is 5.69 Å². The van der Waals surface area contributed by atoms with Gasteiger partial charge in [-0.3, -0.25) is 4.79 Å². The number of anilines is 1. The van der Waals surface area contributed by atoms with Crippen LogP contribution >= 0.6 is 0 Å². The molecule has 0 aliphatic rings. The number of amides is 1. The lowest BCUT2D eigenvalue weighted by molar-refractivity contribution is -0.112. The molecule has 1 heterocycles.